The number of nitrogens with zero attached hydrogens (tertiary/aromatic N) is 1. The highest BCUT2D eigenvalue weighted by molar-refractivity contribution is 6.30. The van der Waals surface area contributed by atoms with Crippen molar-refractivity contribution in [2.45, 2.75) is 44.9 Å². The lowest BCUT2D eigenvalue weighted by molar-refractivity contribution is 0.151. The van der Waals surface area contributed by atoms with Gasteiger partial charge in [0.25, 0.3) is 0 Å². The first-order valence-electron chi connectivity index (χ1n) is 8.10. The maximum absolute atomic E-state index is 9.02. The van der Waals surface area contributed by atoms with Gasteiger partial charge in [0.05, 0.1) is 0 Å². The van der Waals surface area contributed by atoms with Crippen LogP contribution in [0.4, 0.5) is 0 Å². The third kappa shape index (κ3) is 4.98. The number of benzene rings is 1. The minimum absolute atomic E-state index is 0.187. The second kappa shape index (κ2) is 7.62. The molecule has 21 heavy (non-hydrogen) atoms. The Bertz CT molecular complexity index is 421. The number of aliphatic hydroxyl groups excluding tert-OH is 1. The van der Waals surface area contributed by atoms with Crippen molar-refractivity contribution in [3.05, 3.63) is 34.9 Å². The molecule has 1 saturated heterocycles. The Labute approximate surface area is 134 Å². The fourth-order valence-electron chi connectivity index (χ4n) is 3.16. The fourth-order valence-corrected chi connectivity index (χ4v) is 3.29. The van der Waals surface area contributed by atoms with Crippen LogP contribution in [-0.4, -0.2) is 36.2 Å². The maximum Gasteiger partial charge on any atom is 0.0433 e. The van der Waals surface area contributed by atoms with Gasteiger partial charge >= 0.3 is 0 Å². The highest BCUT2D eigenvalue weighted by Crippen LogP contribution is 2.29. The lowest BCUT2D eigenvalue weighted by atomic mass is 9.81. The second-order valence-electron chi connectivity index (χ2n) is 6.94. The van der Waals surface area contributed by atoms with Crippen molar-refractivity contribution in [2.24, 2.45) is 5.92 Å². The third-order valence-corrected chi connectivity index (χ3v) is 5.18. The SMILES string of the molecule is CC(C)(CCN1CCC(CCO)CC1)c1ccc(Cl)cc1. The molecule has 0 bridgehead atoms. The number of rotatable bonds is 6. The van der Waals surface area contributed by atoms with Crippen LogP contribution in [-0.2, 0) is 5.41 Å². The summed E-state index contributed by atoms with van der Waals surface area (Å²) >= 11 is 5.97. The van der Waals surface area contributed by atoms with E-state index in [9.17, 15) is 0 Å². The molecule has 1 aromatic carbocycles. The van der Waals surface area contributed by atoms with Crippen molar-refractivity contribution in [2.75, 3.05) is 26.2 Å². The molecule has 1 N–H and O–H groups in total. The molecule has 1 aromatic rings. The van der Waals surface area contributed by atoms with Crippen LogP contribution in [0.15, 0.2) is 24.3 Å². The van der Waals surface area contributed by atoms with E-state index in [0.29, 0.717) is 6.61 Å². The molecule has 2 nitrogen and oxygen atoms in total. The molecule has 2 rings (SSSR count). The summed E-state index contributed by atoms with van der Waals surface area (Å²) < 4.78 is 0. The van der Waals surface area contributed by atoms with Crippen molar-refractivity contribution in [3.8, 4) is 0 Å². The summed E-state index contributed by atoms with van der Waals surface area (Å²) in [4.78, 5) is 2.57. The maximum atomic E-state index is 9.02. The van der Waals surface area contributed by atoms with Crippen LogP contribution >= 0.6 is 11.6 Å². The van der Waals surface area contributed by atoms with Gasteiger partial charge in [-0.25, -0.2) is 0 Å². The number of hydrogen-bond donors (Lipinski definition) is 1. The van der Waals surface area contributed by atoms with Crippen molar-refractivity contribution >= 4 is 11.6 Å². The normalized spacial score (nSPS) is 18.1. The molecule has 118 valence electrons. The lowest BCUT2D eigenvalue weighted by Gasteiger charge is -2.34. The molecule has 0 radical (unpaired) electrons. The highest BCUT2D eigenvalue weighted by Gasteiger charge is 2.24. The van der Waals surface area contributed by atoms with Crippen molar-refractivity contribution in [1.82, 2.24) is 4.90 Å². The summed E-state index contributed by atoms with van der Waals surface area (Å²) in [5, 5.41) is 9.82. The van der Waals surface area contributed by atoms with E-state index in [1.165, 1.54) is 37.9 Å². The van der Waals surface area contributed by atoms with E-state index >= 15 is 0 Å². The molecule has 1 aliphatic rings. The standard InChI is InChI=1S/C18H28ClNO/c1-18(2,16-3-5-17(19)6-4-16)10-13-20-11-7-15(8-12-20)9-14-21/h3-6,15,21H,7-14H2,1-2H3. The Hall–Kier alpha value is -0.570. The zero-order valence-electron chi connectivity index (χ0n) is 13.3. The molecule has 0 spiro atoms. The average molecular weight is 310 g/mol. The highest BCUT2D eigenvalue weighted by atomic mass is 35.5. The van der Waals surface area contributed by atoms with Gasteiger partial charge in [0, 0.05) is 11.6 Å². The monoisotopic (exact) mass is 309 g/mol. The smallest absolute Gasteiger partial charge is 0.0433 e. The first-order chi connectivity index (χ1) is 10.0. The Morgan fingerprint density at radius 2 is 1.81 bits per heavy atom. The van der Waals surface area contributed by atoms with E-state index in [1.807, 2.05) is 12.1 Å². The number of likely N-dealkylation sites (tertiary alicyclic amines) is 1. The molecule has 0 aliphatic carbocycles. The van der Waals surface area contributed by atoms with Crippen LogP contribution in [0.3, 0.4) is 0 Å². The fraction of sp³-hybridized carbons (Fsp3) is 0.667. The molecule has 3 heteroatoms. The van der Waals surface area contributed by atoms with Crippen molar-refractivity contribution in [3.63, 3.8) is 0 Å². The Balaban J connectivity index is 1.81. The Morgan fingerprint density at radius 1 is 1.19 bits per heavy atom. The predicted octanol–water partition coefficient (Wildman–Crippen LogP) is 4.10. The topological polar surface area (TPSA) is 23.5 Å². The minimum atomic E-state index is 0.187. The van der Waals surface area contributed by atoms with E-state index < -0.39 is 0 Å². The van der Waals surface area contributed by atoms with E-state index in [1.54, 1.807) is 0 Å². The average Bonchev–Trinajstić information content (AvgIpc) is 2.47. The summed E-state index contributed by atoms with van der Waals surface area (Å²) in [6.07, 6.45) is 4.62. The molecule has 1 aliphatic heterocycles. The largest absolute Gasteiger partial charge is 0.396 e. The summed E-state index contributed by atoms with van der Waals surface area (Å²) in [7, 11) is 0. The first kappa shape index (κ1) is 16.8. The van der Waals surface area contributed by atoms with E-state index in [0.717, 1.165) is 23.9 Å². The minimum Gasteiger partial charge on any atom is -0.396 e. The third-order valence-electron chi connectivity index (χ3n) is 4.92. The molecule has 0 atom stereocenters. The summed E-state index contributed by atoms with van der Waals surface area (Å²) in [5.74, 6) is 0.732. The van der Waals surface area contributed by atoms with Gasteiger partial charge in [-0.2, -0.15) is 0 Å². The zero-order chi connectivity index (χ0) is 15.3. The zero-order valence-corrected chi connectivity index (χ0v) is 14.1. The van der Waals surface area contributed by atoms with Crippen LogP contribution < -0.4 is 0 Å². The molecular formula is C18H28ClNO. The quantitative estimate of drug-likeness (QED) is 0.855. The number of hydrogen-bond acceptors (Lipinski definition) is 2. The van der Waals surface area contributed by atoms with Crippen LogP contribution in [0.2, 0.25) is 5.02 Å². The second-order valence-corrected chi connectivity index (χ2v) is 7.37. The van der Waals surface area contributed by atoms with Gasteiger partial charge < -0.3 is 10.0 Å². The van der Waals surface area contributed by atoms with Crippen LogP contribution in [0.1, 0.15) is 45.1 Å². The van der Waals surface area contributed by atoms with Gasteiger partial charge in [-0.1, -0.05) is 37.6 Å². The molecule has 0 saturated carbocycles. The van der Waals surface area contributed by atoms with Crippen molar-refractivity contribution < 1.29 is 5.11 Å². The molecule has 0 unspecified atom stereocenters. The molecule has 0 aromatic heterocycles. The van der Waals surface area contributed by atoms with E-state index in [4.69, 9.17) is 16.7 Å². The van der Waals surface area contributed by atoms with Gasteiger partial charge in [0.15, 0.2) is 0 Å². The van der Waals surface area contributed by atoms with E-state index in [-0.39, 0.29) is 5.41 Å². The molecule has 0 amide bonds. The van der Waals surface area contributed by atoms with Crippen molar-refractivity contribution in [1.29, 1.82) is 0 Å². The first-order valence-corrected chi connectivity index (χ1v) is 8.48. The molecular weight excluding hydrogens is 282 g/mol. The van der Waals surface area contributed by atoms with Gasteiger partial charge in [-0.3, -0.25) is 0 Å². The Kier molecular flexibility index (Phi) is 6.09. The number of halogens is 1. The number of aliphatic hydroxyl groups is 1. The summed E-state index contributed by atoms with van der Waals surface area (Å²) in [5.41, 5.74) is 1.55. The predicted molar refractivity (Wildman–Crippen MR) is 90.0 cm³/mol. The van der Waals surface area contributed by atoms with Gasteiger partial charge in [-0.15, -0.1) is 0 Å². The van der Waals surface area contributed by atoms with Crippen LogP contribution in [0.5, 0.6) is 0 Å². The summed E-state index contributed by atoms with van der Waals surface area (Å²) in [6, 6.07) is 8.27. The van der Waals surface area contributed by atoms with E-state index in [2.05, 4.69) is 30.9 Å². The molecule has 1 heterocycles. The Morgan fingerprint density at radius 3 is 2.38 bits per heavy atom. The van der Waals surface area contributed by atoms with Gasteiger partial charge in [0.2, 0.25) is 0 Å². The lowest BCUT2D eigenvalue weighted by Crippen LogP contribution is -2.36. The number of piperidine rings is 1. The molecule has 1 fully saturated rings. The summed E-state index contributed by atoms with van der Waals surface area (Å²) in [6.45, 7) is 8.49. The van der Waals surface area contributed by atoms with Gasteiger partial charge in [0.1, 0.15) is 0 Å². The van der Waals surface area contributed by atoms with Crippen LogP contribution in [0.25, 0.3) is 0 Å². The van der Waals surface area contributed by atoms with Crippen LogP contribution in [0, 0.1) is 5.92 Å². The van der Waals surface area contributed by atoms with Gasteiger partial charge in [-0.05, 0) is 74.3 Å².